The van der Waals surface area contributed by atoms with Crippen LogP contribution >= 0.6 is 0 Å². The van der Waals surface area contributed by atoms with Crippen LogP contribution in [0.3, 0.4) is 0 Å². The topological polar surface area (TPSA) is 18.5 Å². The standard InChI is InChI=1S/C27H46O2/c1-3-5-7-8-9-14-24-15-10-11-16-25(24)17-13-23-29-27-20-18-26(19-21-27)28-22-12-6-4-2/h18-21,24-25H,3-17,22-23H2,1-2H3. The molecular formula is C27H46O2. The Morgan fingerprint density at radius 3 is 1.69 bits per heavy atom. The van der Waals surface area contributed by atoms with Crippen LogP contribution in [0, 0.1) is 11.8 Å². The van der Waals surface area contributed by atoms with Gasteiger partial charge in [-0.25, -0.2) is 0 Å². The van der Waals surface area contributed by atoms with Crippen molar-refractivity contribution in [3.8, 4) is 11.5 Å². The predicted molar refractivity (Wildman–Crippen MR) is 125 cm³/mol. The van der Waals surface area contributed by atoms with E-state index in [1.165, 1.54) is 89.9 Å². The Labute approximate surface area is 180 Å². The quantitative estimate of drug-likeness (QED) is 0.258. The molecule has 1 aliphatic rings. The van der Waals surface area contributed by atoms with Crippen molar-refractivity contribution in [3.63, 3.8) is 0 Å². The van der Waals surface area contributed by atoms with Gasteiger partial charge >= 0.3 is 0 Å². The summed E-state index contributed by atoms with van der Waals surface area (Å²) >= 11 is 0. The van der Waals surface area contributed by atoms with Crippen LogP contribution in [-0.2, 0) is 0 Å². The maximum Gasteiger partial charge on any atom is 0.119 e. The molecule has 0 N–H and O–H groups in total. The summed E-state index contributed by atoms with van der Waals surface area (Å²) in [7, 11) is 0. The van der Waals surface area contributed by atoms with Crippen molar-refractivity contribution in [1.29, 1.82) is 0 Å². The monoisotopic (exact) mass is 402 g/mol. The molecule has 2 atom stereocenters. The summed E-state index contributed by atoms with van der Waals surface area (Å²) in [4.78, 5) is 0. The van der Waals surface area contributed by atoms with Crippen LogP contribution < -0.4 is 9.47 Å². The molecule has 1 fully saturated rings. The molecule has 0 saturated heterocycles. The van der Waals surface area contributed by atoms with E-state index in [1.807, 2.05) is 12.1 Å². The largest absolute Gasteiger partial charge is 0.494 e. The van der Waals surface area contributed by atoms with Crippen LogP contribution in [0.25, 0.3) is 0 Å². The number of benzene rings is 1. The third kappa shape index (κ3) is 10.4. The summed E-state index contributed by atoms with van der Waals surface area (Å²) in [6, 6.07) is 8.18. The molecule has 2 unspecified atom stereocenters. The van der Waals surface area contributed by atoms with Gasteiger partial charge in [0.2, 0.25) is 0 Å². The van der Waals surface area contributed by atoms with Crippen LogP contribution in [-0.4, -0.2) is 13.2 Å². The average molecular weight is 403 g/mol. The first-order chi connectivity index (χ1) is 14.3. The van der Waals surface area contributed by atoms with E-state index in [4.69, 9.17) is 9.47 Å². The van der Waals surface area contributed by atoms with Gasteiger partial charge in [0.15, 0.2) is 0 Å². The molecule has 0 spiro atoms. The second kappa shape index (κ2) is 15.6. The zero-order valence-electron chi connectivity index (χ0n) is 19.3. The average Bonchev–Trinajstić information content (AvgIpc) is 2.76. The van der Waals surface area contributed by atoms with Gasteiger partial charge in [0.1, 0.15) is 11.5 Å². The lowest BCUT2D eigenvalue weighted by molar-refractivity contribution is 0.190. The molecule has 166 valence electrons. The van der Waals surface area contributed by atoms with E-state index in [1.54, 1.807) is 0 Å². The molecule has 0 aliphatic heterocycles. The van der Waals surface area contributed by atoms with Gasteiger partial charge in [-0.1, -0.05) is 90.9 Å². The Kier molecular flexibility index (Phi) is 13.0. The summed E-state index contributed by atoms with van der Waals surface area (Å²) in [6.07, 6.45) is 20.5. The molecule has 2 heteroatoms. The second-order valence-electron chi connectivity index (χ2n) is 9.03. The lowest BCUT2D eigenvalue weighted by Crippen LogP contribution is -2.20. The highest BCUT2D eigenvalue weighted by Gasteiger charge is 2.24. The molecule has 29 heavy (non-hydrogen) atoms. The van der Waals surface area contributed by atoms with Crippen LogP contribution in [0.4, 0.5) is 0 Å². The normalized spacial score (nSPS) is 19.2. The van der Waals surface area contributed by atoms with Gasteiger partial charge in [0.05, 0.1) is 13.2 Å². The molecule has 0 bridgehead atoms. The van der Waals surface area contributed by atoms with Crippen molar-refractivity contribution < 1.29 is 9.47 Å². The number of rotatable bonds is 16. The van der Waals surface area contributed by atoms with Gasteiger partial charge in [0.25, 0.3) is 0 Å². The molecule has 0 radical (unpaired) electrons. The Bertz CT molecular complexity index is 496. The van der Waals surface area contributed by atoms with Crippen molar-refractivity contribution in [2.45, 2.75) is 110 Å². The van der Waals surface area contributed by atoms with Gasteiger partial charge < -0.3 is 9.47 Å². The van der Waals surface area contributed by atoms with Gasteiger partial charge in [-0.05, 0) is 55.4 Å². The van der Waals surface area contributed by atoms with E-state index in [-0.39, 0.29) is 0 Å². The Morgan fingerprint density at radius 2 is 1.10 bits per heavy atom. The van der Waals surface area contributed by atoms with E-state index in [0.717, 1.165) is 43.0 Å². The van der Waals surface area contributed by atoms with Crippen LogP contribution in [0.1, 0.15) is 110 Å². The smallest absolute Gasteiger partial charge is 0.119 e. The van der Waals surface area contributed by atoms with Gasteiger partial charge in [-0.3, -0.25) is 0 Å². The van der Waals surface area contributed by atoms with Crippen molar-refractivity contribution in [2.75, 3.05) is 13.2 Å². The lowest BCUT2D eigenvalue weighted by Gasteiger charge is -2.31. The number of hydrogen-bond donors (Lipinski definition) is 0. The van der Waals surface area contributed by atoms with Gasteiger partial charge in [-0.15, -0.1) is 0 Å². The van der Waals surface area contributed by atoms with Gasteiger partial charge in [0, 0.05) is 0 Å². The van der Waals surface area contributed by atoms with E-state index >= 15 is 0 Å². The Balaban J connectivity index is 1.60. The third-order valence-electron chi connectivity index (χ3n) is 6.57. The minimum Gasteiger partial charge on any atom is -0.494 e. The summed E-state index contributed by atoms with van der Waals surface area (Å²) in [6.45, 7) is 6.18. The summed E-state index contributed by atoms with van der Waals surface area (Å²) in [5.41, 5.74) is 0. The zero-order valence-corrected chi connectivity index (χ0v) is 19.3. The fraction of sp³-hybridized carbons (Fsp3) is 0.778. The summed E-state index contributed by atoms with van der Waals surface area (Å²) < 4.78 is 11.8. The van der Waals surface area contributed by atoms with E-state index < -0.39 is 0 Å². The molecular weight excluding hydrogens is 356 g/mol. The van der Waals surface area contributed by atoms with Crippen molar-refractivity contribution >= 4 is 0 Å². The highest BCUT2D eigenvalue weighted by atomic mass is 16.5. The fourth-order valence-corrected chi connectivity index (χ4v) is 4.76. The highest BCUT2D eigenvalue weighted by Crippen LogP contribution is 2.36. The van der Waals surface area contributed by atoms with Crippen LogP contribution in [0.5, 0.6) is 11.5 Å². The predicted octanol–water partition coefficient (Wildman–Crippen LogP) is 8.58. The third-order valence-corrected chi connectivity index (χ3v) is 6.57. The summed E-state index contributed by atoms with van der Waals surface area (Å²) in [5, 5.41) is 0. The number of unbranched alkanes of at least 4 members (excludes halogenated alkanes) is 6. The molecule has 1 aliphatic carbocycles. The SMILES string of the molecule is CCCCCCCC1CCCCC1CCCOc1ccc(OCCCCC)cc1. The first-order valence-corrected chi connectivity index (χ1v) is 12.7. The molecule has 0 amide bonds. The van der Waals surface area contributed by atoms with Crippen molar-refractivity contribution in [3.05, 3.63) is 24.3 Å². The first kappa shape index (κ1) is 24.1. The van der Waals surface area contributed by atoms with Crippen molar-refractivity contribution in [2.24, 2.45) is 11.8 Å². The van der Waals surface area contributed by atoms with Crippen molar-refractivity contribution in [1.82, 2.24) is 0 Å². The molecule has 0 aromatic heterocycles. The maximum atomic E-state index is 6.00. The van der Waals surface area contributed by atoms with Crippen LogP contribution in [0.2, 0.25) is 0 Å². The minimum atomic E-state index is 0.815. The Hall–Kier alpha value is -1.18. The second-order valence-corrected chi connectivity index (χ2v) is 9.03. The molecule has 1 aromatic carbocycles. The highest BCUT2D eigenvalue weighted by molar-refractivity contribution is 5.31. The molecule has 0 heterocycles. The molecule has 2 nitrogen and oxygen atoms in total. The molecule has 2 rings (SSSR count). The molecule has 1 saturated carbocycles. The summed E-state index contributed by atoms with van der Waals surface area (Å²) in [5.74, 6) is 3.85. The van der Waals surface area contributed by atoms with Crippen LogP contribution in [0.15, 0.2) is 24.3 Å². The maximum absolute atomic E-state index is 6.00. The van der Waals surface area contributed by atoms with E-state index in [0.29, 0.717) is 0 Å². The number of ether oxygens (including phenoxy) is 2. The fourth-order valence-electron chi connectivity index (χ4n) is 4.76. The van der Waals surface area contributed by atoms with Gasteiger partial charge in [-0.2, -0.15) is 0 Å². The number of hydrogen-bond acceptors (Lipinski definition) is 2. The Morgan fingerprint density at radius 1 is 0.621 bits per heavy atom. The first-order valence-electron chi connectivity index (χ1n) is 12.7. The molecule has 1 aromatic rings. The van der Waals surface area contributed by atoms with E-state index in [9.17, 15) is 0 Å². The van der Waals surface area contributed by atoms with E-state index in [2.05, 4.69) is 26.0 Å². The zero-order chi connectivity index (χ0) is 20.6. The lowest BCUT2D eigenvalue weighted by atomic mass is 9.74. The minimum absolute atomic E-state index is 0.815.